The van der Waals surface area contributed by atoms with E-state index in [0.717, 1.165) is 32.5 Å². The number of benzene rings is 1. The van der Waals surface area contributed by atoms with E-state index < -0.39 is 0 Å². The van der Waals surface area contributed by atoms with Gasteiger partial charge in [-0.3, -0.25) is 4.79 Å². The number of aromatic nitrogens is 3. The van der Waals surface area contributed by atoms with E-state index in [2.05, 4.69) is 43.2 Å². The first-order chi connectivity index (χ1) is 9.56. The van der Waals surface area contributed by atoms with Gasteiger partial charge in [-0.05, 0) is 31.5 Å². The molecular weight excluding hydrogens is 318 g/mol. The second kappa shape index (κ2) is 4.90. The van der Waals surface area contributed by atoms with Crippen LogP contribution in [0.25, 0.3) is 10.8 Å². The third-order valence-corrected chi connectivity index (χ3v) is 3.94. The number of hydrogen-bond donors (Lipinski definition) is 2. The summed E-state index contributed by atoms with van der Waals surface area (Å²) in [6, 6.07) is 8.11. The van der Waals surface area contributed by atoms with E-state index in [0.29, 0.717) is 11.8 Å². The highest BCUT2D eigenvalue weighted by molar-refractivity contribution is 9.10. The van der Waals surface area contributed by atoms with Gasteiger partial charge in [0, 0.05) is 27.7 Å². The van der Waals surface area contributed by atoms with Crippen LogP contribution in [0, 0.1) is 13.8 Å². The summed E-state index contributed by atoms with van der Waals surface area (Å²) in [7, 11) is 0. The zero-order valence-corrected chi connectivity index (χ0v) is 12.8. The maximum absolute atomic E-state index is 11.9. The number of aryl methyl sites for hydroxylation is 2. The van der Waals surface area contributed by atoms with Crippen molar-refractivity contribution in [2.24, 2.45) is 0 Å². The second-order valence-electron chi connectivity index (χ2n) is 4.93. The number of H-pyrrole nitrogens is 2. The van der Waals surface area contributed by atoms with Crippen LogP contribution in [0.5, 0.6) is 0 Å². The Balaban J connectivity index is 2.18. The van der Waals surface area contributed by atoms with E-state index in [-0.39, 0.29) is 5.56 Å². The summed E-state index contributed by atoms with van der Waals surface area (Å²) in [6.45, 7) is 3.88. The molecule has 0 fully saturated rings. The number of halogens is 1. The van der Waals surface area contributed by atoms with E-state index in [1.165, 1.54) is 0 Å². The quantitative estimate of drug-likeness (QED) is 0.757. The van der Waals surface area contributed by atoms with Gasteiger partial charge in [0.1, 0.15) is 0 Å². The van der Waals surface area contributed by atoms with Crippen LogP contribution in [0.3, 0.4) is 0 Å². The first kappa shape index (κ1) is 13.1. The molecule has 2 heterocycles. The van der Waals surface area contributed by atoms with Crippen LogP contribution in [-0.2, 0) is 6.42 Å². The normalized spacial score (nSPS) is 11.2. The molecule has 0 spiro atoms. The lowest BCUT2D eigenvalue weighted by molar-refractivity contribution is 0.933. The van der Waals surface area contributed by atoms with Crippen LogP contribution in [0.15, 0.2) is 33.5 Å². The first-order valence-electron chi connectivity index (χ1n) is 6.37. The van der Waals surface area contributed by atoms with Crippen molar-refractivity contribution in [2.45, 2.75) is 20.3 Å². The maximum Gasteiger partial charge on any atom is 0.273 e. The third kappa shape index (κ3) is 2.18. The van der Waals surface area contributed by atoms with E-state index >= 15 is 0 Å². The van der Waals surface area contributed by atoms with Crippen molar-refractivity contribution in [3.8, 4) is 0 Å². The van der Waals surface area contributed by atoms with Gasteiger partial charge in [-0.15, -0.1) is 0 Å². The Hall–Kier alpha value is -1.88. The highest BCUT2D eigenvalue weighted by Crippen LogP contribution is 2.23. The van der Waals surface area contributed by atoms with Crippen LogP contribution < -0.4 is 5.56 Å². The Morgan fingerprint density at radius 1 is 1.20 bits per heavy atom. The molecule has 0 atom stereocenters. The minimum atomic E-state index is -0.139. The van der Waals surface area contributed by atoms with Gasteiger partial charge in [0.2, 0.25) is 0 Å². The van der Waals surface area contributed by atoms with Crippen molar-refractivity contribution < 1.29 is 0 Å². The minimum Gasteiger partial charge on any atom is -0.361 e. The average Bonchev–Trinajstić information content (AvgIpc) is 2.69. The summed E-state index contributed by atoms with van der Waals surface area (Å²) in [6.07, 6.45) is 0.685. The highest BCUT2D eigenvalue weighted by Gasteiger charge is 2.14. The van der Waals surface area contributed by atoms with Gasteiger partial charge in [-0.1, -0.05) is 28.1 Å². The maximum atomic E-state index is 11.9. The summed E-state index contributed by atoms with van der Waals surface area (Å²) in [5.41, 5.74) is 3.77. The van der Waals surface area contributed by atoms with Crippen LogP contribution in [0.4, 0.5) is 0 Å². The molecule has 0 bridgehead atoms. The number of fused-ring (bicyclic) bond motifs is 1. The van der Waals surface area contributed by atoms with Crippen LogP contribution in [0.1, 0.15) is 22.6 Å². The predicted octanol–water partition coefficient (Wildman–Crippen LogP) is 3.22. The van der Waals surface area contributed by atoms with E-state index in [1.54, 1.807) is 0 Å². The second-order valence-corrected chi connectivity index (χ2v) is 5.85. The molecule has 2 aromatic heterocycles. The van der Waals surface area contributed by atoms with Crippen molar-refractivity contribution in [3.63, 3.8) is 0 Å². The monoisotopic (exact) mass is 331 g/mol. The van der Waals surface area contributed by atoms with Gasteiger partial charge in [0.15, 0.2) is 0 Å². The lowest BCUT2D eigenvalue weighted by atomic mass is 10.1. The molecule has 0 saturated heterocycles. The van der Waals surface area contributed by atoms with Crippen molar-refractivity contribution in [1.82, 2.24) is 15.2 Å². The fraction of sp³-hybridized carbons (Fsp3) is 0.200. The Bertz CT molecular complexity index is 848. The molecule has 102 valence electrons. The lowest BCUT2D eigenvalue weighted by Crippen LogP contribution is -2.11. The van der Waals surface area contributed by atoms with E-state index in [9.17, 15) is 4.79 Å². The fourth-order valence-corrected chi connectivity index (χ4v) is 3.07. The highest BCUT2D eigenvalue weighted by atomic mass is 79.9. The molecule has 3 aromatic rings. The zero-order valence-electron chi connectivity index (χ0n) is 11.2. The predicted molar refractivity (Wildman–Crippen MR) is 83.1 cm³/mol. The SMILES string of the molecule is Cc1[nH]c(C)c2c(=O)[nH]nc(Cc3cccc(Br)c3)c12. The van der Waals surface area contributed by atoms with Crippen LogP contribution in [0.2, 0.25) is 0 Å². The molecule has 0 amide bonds. The topological polar surface area (TPSA) is 61.5 Å². The van der Waals surface area contributed by atoms with Gasteiger partial charge >= 0.3 is 0 Å². The molecule has 0 radical (unpaired) electrons. The Morgan fingerprint density at radius 2 is 1.95 bits per heavy atom. The molecule has 20 heavy (non-hydrogen) atoms. The molecule has 4 nitrogen and oxygen atoms in total. The summed E-state index contributed by atoms with van der Waals surface area (Å²) in [5.74, 6) is 0. The standard InChI is InChI=1S/C15H14BrN3O/c1-8-13-12(7-10-4-3-5-11(16)6-10)18-19-15(20)14(13)9(2)17-8/h3-6,17H,7H2,1-2H3,(H,19,20). The summed E-state index contributed by atoms with van der Waals surface area (Å²) < 4.78 is 1.04. The van der Waals surface area contributed by atoms with Crippen LogP contribution >= 0.6 is 15.9 Å². The van der Waals surface area contributed by atoms with Gasteiger partial charge in [0.25, 0.3) is 5.56 Å². The molecular formula is C15H14BrN3O. The Kier molecular flexibility index (Phi) is 3.22. The number of aromatic amines is 2. The summed E-state index contributed by atoms with van der Waals surface area (Å²) in [5, 5.41) is 8.47. The first-order valence-corrected chi connectivity index (χ1v) is 7.16. The van der Waals surface area contributed by atoms with E-state index in [1.807, 2.05) is 26.0 Å². The molecule has 0 aliphatic carbocycles. The molecule has 3 rings (SSSR count). The number of nitrogens with zero attached hydrogens (tertiary/aromatic N) is 1. The van der Waals surface area contributed by atoms with Crippen molar-refractivity contribution >= 4 is 26.7 Å². The Morgan fingerprint density at radius 3 is 2.70 bits per heavy atom. The molecule has 1 aromatic carbocycles. The lowest BCUT2D eigenvalue weighted by Gasteiger charge is -2.04. The molecule has 5 heteroatoms. The van der Waals surface area contributed by atoms with E-state index in [4.69, 9.17) is 0 Å². The summed E-state index contributed by atoms with van der Waals surface area (Å²) in [4.78, 5) is 15.2. The smallest absolute Gasteiger partial charge is 0.273 e. The van der Waals surface area contributed by atoms with Crippen molar-refractivity contribution in [1.29, 1.82) is 0 Å². The van der Waals surface area contributed by atoms with Crippen LogP contribution in [-0.4, -0.2) is 15.2 Å². The van der Waals surface area contributed by atoms with Gasteiger partial charge in [-0.25, -0.2) is 5.10 Å². The Labute approximate surface area is 124 Å². The van der Waals surface area contributed by atoms with Gasteiger partial charge < -0.3 is 4.98 Å². The number of hydrogen-bond acceptors (Lipinski definition) is 2. The molecule has 0 aliphatic rings. The molecule has 2 N–H and O–H groups in total. The van der Waals surface area contributed by atoms with Gasteiger partial charge in [-0.2, -0.15) is 5.10 Å². The largest absolute Gasteiger partial charge is 0.361 e. The van der Waals surface area contributed by atoms with Crippen molar-refractivity contribution in [3.05, 3.63) is 61.7 Å². The van der Waals surface area contributed by atoms with Gasteiger partial charge in [0.05, 0.1) is 11.1 Å². The minimum absolute atomic E-state index is 0.139. The third-order valence-electron chi connectivity index (χ3n) is 3.44. The molecule has 0 unspecified atom stereocenters. The summed E-state index contributed by atoms with van der Waals surface area (Å²) >= 11 is 3.47. The van der Waals surface area contributed by atoms with Crippen molar-refractivity contribution in [2.75, 3.05) is 0 Å². The average molecular weight is 332 g/mol. The number of nitrogens with one attached hydrogen (secondary N) is 2. The number of rotatable bonds is 2. The molecule has 0 saturated carbocycles. The zero-order chi connectivity index (χ0) is 14.3. The molecule has 0 aliphatic heterocycles. The fourth-order valence-electron chi connectivity index (χ4n) is 2.62.